The van der Waals surface area contributed by atoms with E-state index in [1.54, 1.807) is 0 Å². The summed E-state index contributed by atoms with van der Waals surface area (Å²) in [5, 5.41) is 0.714. The molecule has 0 aliphatic carbocycles. The molecule has 0 spiro atoms. The lowest BCUT2D eigenvalue weighted by molar-refractivity contribution is 0.371. The summed E-state index contributed by atoms with van der Waals surface area (Å²) in [5.74, 6) is 1.05. The second-order valence-electron chi connectivity index (χ2n) is 4.99. The number of sulfone groups is 1. The van der Waals surface area contributed by atoms with Gasteiger partial charge in [-0.15, -0.1) is 0 Å². The Morgan fingerprint density at radius 3 is 2.50 bits per heavy atom. The first-order chi connectivity index (χ1) is 8.50. The maximum absolute atomic E-state index is 11.5. The maximum Gasteiger partial charge on any atom is 0.150 e. The van der Waals surface area contributed by atoms with Gasteiger partial charge in [0.15, 0.2) is 9.84 Å². The lowest BCUT2D eigenvalue weighted by atomic mass is 9.86. The summed E-state index contributed by atoms with van der Waals surface area (Å²) in [6.07, 6.45) is 1.58. The van der Waals surface area contributed by atoms with Crippen molar-refractivity contribution in [2.24, 2.45) is 17.6 Å². The molecule has 2 unspecified atom stereocenters. The van der Waals surface area contributed by atoms with E-state index in [2.05, 4.69) is 0 Å². The Hall–Kier alpha value is -0.580. The third-order valence-electron chi connectivity index (χ3n) is 3.65. The molecular weight excluding hydrogens is 270 g/mol. The van der Waals surface area contributed by atoms with E-state index in [1.807, 2.05) is 24.3 Å². The van der Waals surface area contributed by atoms with Crippen molar-refractivity contribution in [1.82, 2.24) is 0 Å². The molecule has 2 rings (SSSR count). The van der Waals surface area contributed by atoms with E-state index in [9.17, 15) is 8.42 Å². The second kappa shape index (κ2) is 5.59. The van der Waals surface area contributed by atoms with Gasteiger partial charge in [-0.25, -0.2) is 8.42 Å². The summed E-state index contributed by atoms with van der Waals surface area (Å²) in [7, 11) is -2.83. The molecule has 1 aromatic rings. The van der Waals surface area contributed by atoms with Crippen LogP contribution in [0.2, 0.25) is 5.02 Å². The van der Waals surface area contributed by atoms with Crippen molar-refractivity contribution in [3.05, 3.63) is 34.9 Å². The van der Waals surface area contributed by atoms with E-state index in [4.69, 9.17) is 17.3 Å². The monoisotopic (exact) mass is 287 g/mol. The van der Waals surface area contributed by atoms with Crippen LogP contribution in [0.5, 0.6) is 0 Å². The molecule has 1 aliphatic heterocycles. The van der Waals surface area contributed by atoms with Gasteiger partial charge in [0.25, 0.3) is 0 Å². The van der Waals surface area contributed by atoms with Crippen LogP contribution in [-0.4, -0.2) is 26.5 Å². The van der Waals surface area contributed by atoms with Crippen molar-refractivity contribution in [2.45, 2.75) is 12.8 Å². The molecule has 0 bridgehead atoms. The average molecular weight is 288 g/mol. The van der Waals surface area contributed by atoms with E-state index < -0.39 is 9.84 Å². The van der Waals surface area contributed by atoms with Gasteiger partial charge in [-0.3, -0.25) is 0 Å². The highest BCUT2D eigenvalue weighted by atomic mass is 35.5. The first-order valence-corrected chi connectivity index (χ1v) is 8.35. The first-order valence-electron chi connectivity index (χ1n) is 6.15. The van der Waals surface area contributed by atoms with E-state index in [0.29, 0.717) is 23.1 Å². The first kappa shape index (κ1) is 13.8. The zero-order valence-corrected chi connectivity index (χ0v) is 11.8. The molecule has 5 heteroatoms. The van der Waals surface area contributed by atoms with Crippen LogP contribution in [-0.2, 0) is 16.3 Å². The number of nitrogens with two attached hydrogens (primary N) is 1. The Kier molecular flexibility index (Phi) is 4.30. The third-order valence-corrected chi connectivity index (χ3v) is 5.69. The molecule has 1 heterocycles. The fourth-order valence-corrected chi connectivity index (χ4v) is 4.61. The Labute approximate surface area is 113 Å². The van der Waals surface area contributed by atoms with Gasteiger partial charge < -0.3 is 5.73 Å². The highest BCUT2D eigenvalue weighted by Gasteiger charge is 2.32. The van der Waals surface area contributed by atoms with Crippen LogP contribution in [0.1, 0.15) is 12.0 Å². The van der Waals surface area contributed by atoms with Crippen LogP contribution in [0.25, 0.3) is 0 Å². The highest BCUT2D eigenvalue weighted by Crippen LogP contribution is 2.28. The predicted octanol–water partition coefficient (Wildman–Crippen LogP) is 1.89. The Bertz CT molecular complexity index is 498. The number of hydrogen-bond donors (Lipinski definition) is 1. The van der Waals surface area contributed by atoms with Gasteiger partial charge >= 0.3 is 0 Å². The lowest BCUT2D eigenvalue weighted by Crippen LogP contribution is -2.26. The standard InChI is InChI=1S/C13H18ClNO2S/c14-13-3-1-10(2-4-13)7-12(8-15)11-5-6-18(16,17)9-11/h1-4,11-12H,5-9,15H2. The number of rotatable bonds is 4. The molecular formula is C13H18ClNO2S. The molecule has 2 N–H and O–H groups in total. The fourth-order valence-electron chi connectivity index (χ4n) is 2.56. The molecule has 0 aromatic heterocycles. The Morgan fingerprint density at radius 2 is 2.00 bits per heavy atom. The van der Waals surface area contributed by atoms with Crippen molar-refractivity contribution in [3.8, 4) is 0 Å². The summed E-state index contributed by atoms with van der Waals surface area (Å²) >= 11 is 5.84. The van der Waals surface area contributed by atoms with Crippen LogP contribution in [0.15, 0.2) is 24.3 Å². The summed E-state index contributed by atoms with van der Waals surface area (Å²) in [5.41, 5.74) is 6.96. The minimum absolute atomic E-state index is 0.204. The minimum atomic E-state index is -2.83. The zero-order valence-electron chi connectivity index (χ0n) is 10.2. The molecule has 0 saturated carbocycles. The van der Waals surface area contributed by atoms with Crippen LogP contribution in [0, 0.1) is 11.8 Å². The normalized spacial score (nSPS) is 24.0. The molecule has 1 aliphatic rings. The summed E-state index contributed by atoms with van der Waals surface area (Å²) in [6, 6.07) is 7.68. The van der Waals surface area contributed by atoms with Crippen molar-refractivity contribution in [2.75, 3.05) is 18.1 Å². The van der Waals surface area contributed by atoms with Crippen molar-refractivity contribution in [1.29, 1.82) is 0 Å². The van der Waals surface area contributed by atoms with Gasteiger partial charge in [0.1, 0.15) is 0 Å². The maximum atomic E-state index is 11.5. The number of benzene rings is 1. The highest BCUT2D eigenvalue weighted by molar-refractivity contribution is 7.91. The van der Waals surface area contributed by atoms with Crippen LogP contribution in [0.3, 0.4) is 0 Å². The van der Waals surface area contributed by atoms with E-state index in [0.717, 1.165) is 12.8 Å². The molecule has 0 radical (unpaired) electrons. The molecule has 3 nitrogen and oxygen atoms in total. The molecule has 1 aromatic carbocycles. The summed E-state index contributed by atoms with van der Waals surface area (Å²) < 4.78 is 23.0. The summed E-state index contributed by atoms with van der Waals surface area (Å²) in [4.78, 5) is 0. The van der Waals surface area contributed by atoms with Gasteiger partial charge in [0.2, 0.25) is 0 Å². The molecule has 1 fully saturated rings. The van der Waals surface area contributed by atoms with Crippen molar-refractivity contribution < 1.29 is 8.42 Å². The molecule has 2 atom stereocenters. The molecule has 18 heavy (non-hydrogen) atoms. The SMILES string of the molecule is NCC(Cc1ccc(Cl)cc1)C1CCS(=O)(=O)C1. The second-order valence-corrected chi connectivity index (χ2v) is 7.65. The average Bonchev–Trinajstić information content (AvgIpc) is 2.69. The number of halogens is 1. The fraction of sp³-hybridized carbons (Fsp3) is 0.538. The lowest BCUT2D eigenvalue weighted by Gasteiger charge is -2.20. The summed E-state index contributed by atoms with van der Waals surface area (Å²) in [6.45, 7) is 0.531. The largest absolute Gasteiger partial charge is 0.330 e. The van der Waals surface area contributed by atoms with E-state index in [-0.39, 0.29) is 11.8 Å². The Balaban J connectivity index is 2.04. The topological polar surface area (TPSA) is 60.2 Å². The molecule has 1 saturated heterocycles. The van der Waals surface area contributed by atoms with Crippen LogP contribution in [0.4, 0.5) is 0 Å². The van der Waals surface area contributed by atoms with E-state index >= 15 is 0 Å². The van der Waals surface area contributed by atoms with E-state index in [1.165, 1.54) is 5.56 Å². The van der Waals surface area contributed by atoms with Crippen LogP contribution >= 0.6 is 11.6 Å². The third kappa shape index (κ3) is 3.46. The molecule has 100 valence electrons. The van der Waals surface area contributed by atoms with Gasteiger partial charge in [-0.1, -0.05) is 23.7 Å². The zero-order chi connectivity index (χ0) is 13.2. The number of hydrogen-bond acceptors (Lipinski definition) is 3. The van der Waals surface area contributed by atoms with Crippen molar-refractivity contribution >= 4 is 21.4 Å². The minimum Gasteiger partial charge on any atom is -0.330 e. The predicted molar refractivity (Wildman–Crippen MR) is 74.5 cm³/mol. The van der Waals surface area contributed by atoms with Gasteiger partial charge in [0.05, 0.1) is 11.5 Å². The molecule has 0 amide bonds. The quantitative estimate of drug-likeness (QED) is 0.920. The van der Waals surface area contributed by atoms with Gasteiger partial charge in [-0.05, 0) is 48.9 Å². The smallest absolute Gasteiger partial charge is 0.150 e. The van der Waals surface area contributed by atoms with Gasteiger partial charge in [-0.2, -0.15) is 0 Å². The van der Waals surface area contributed by atoms with Crippen LogP contribution < -0.4 is 5.73 Å². The van der Waals surface area contributed by atoms with Crippen molar-refractivity contribution in [3.63, 3.8) is 0 Å². The Morgan fingerprint density at radius 1 is 1.33 bits per heavy atom. The van der Waals surface area contributed by atoms with Gasteiger partial charge in [0, 0.05) is 5.02 Å².